The SMILES string of the molecule is C#CCNC(=NCC(c1ccc(C(F)(F)F)cc1)N1CCOCC1)NCC. The van der Waals surface area contributed by atoms with Crippen LogP contribution in [0, 0.1) is 12.3 Å². The van der Waals surface area contributed by atoms with E-state index in [-0.39, 0.29) is 6.04 Å². The van der Waals surface area contributed by atoms with Crippen molar-refractivity contribution in [2.45, 2.75) is 19.1 Å². The molecule has 0 radical (unpaired) electrons. The van der Waals surface area contributed by atoms with Gasteiger partial charge in [0.15, 0.2) is 5.96 Å². The minimum Gasteiger partial charge on any atom is -0.379 e. The molecule has 5 nitrogen and oxygen atoms in total. The van der Waals surface area contributed by atoms with E-state index in [1.807, 2.05) is 6.92 Å². The fourth-order valence-electron chi connectivity index (χ4n) is 2.87. The van der Waals surface area contributed by atoms with Gasteiger partial charge in [0.25, 0.3) is 0 Å². The highest BCUT2D eigenvalue weighted by atomic mass is 19.4. The zero-order chi connectivity index (χ0) is 19.7. The number of ether oxygens (including phenoxy) is 1. The van der Waals surface area contributed by atoms with Gasteiger partial charge in [-0.25, -0.2) is 0 Å². The van der Waals surface area contributed by atoms with Gasteiger partial charge in [-0.15, -0.1) is 6.42 Å². The van der Waals surface area contributed by atoms with E-state index >= 15 is 0 Å². The molecule has 8 heteroatoms. The smallest absolute Gasteiger partial charge is 0.379 e. The molecule has 1 aliphatic rings. The summed E-state index contributed by atoms with van der Waals surface area (Å²) >= 11 is 0. The van der Waals surface area contributed by atoms with Gasteiger partial charge in [0.1, 0.15) is 0 Å². The molecule has 1 aromatic rings. The lowest BCUT2D eigenvalue weighted by atomic mass is 10.0. The van der Waals surface area contributed by atoms with Crippen LogP contribution >= 0.6 is 0 Å². The second kappa shape index (κ2) is 10.2. The Labute approximate surface area is 158 Å². The number of rotatable bonds is 6. The second-order valence-electron chi connectivity index (χ2n) is 6.06. The number of nitrogens with one attached hydrogen (secondary N) is 2. The van der Waals surface area contributed by atoms with Crippen LogP contribution < -0.4 is 10.6 Å². The highest BCUT2D eigenvalue weighted by Gasteiger charge is 2.31. The van der Waals surface area contributed by atoms with Crippen molar-refractivity contribution in [2.75, 3.05) is 45.9 Å². The molecule has 2 N–H and O–H groups in total. The standard InChI is InChI=1S/C19H25F3N4O/c1-3-9-24-18(23-4-2)25-14-17(26-10-12-27-13-11-26)15-5-7-16(8-6-15)19(20,21)22/h1,5-8,17H,4,9-14H2,2H3,(H2,23,24,25). The number of hydrogen-bond donors (Lipinski definition) is 2. The number of alkyl halides is 3. The van der Waals surface area contributed by atoms with E-state index in [1.165, 1.54) is 12.1 Å². The molecular weight excluding hydrogens is 357 g/mol. The van der Waals surface area contributed by atoms with Gasteiger partial charge in [-0.3, -0.25) is 9.89 Å². The van der Waals surface area contributed by atoms with Crippen LogP contribution in [0.2, 0.25) is 0 Å². The largest absolute Gasteiger partial charge is 0.416 e. The summed E-state index contributed by atoms with van der Waals surface area (Å²) in [6, 6.07) is 5.15. The van der Waals surface area contributed by atoms with Crippen molar-refractivity contribution in [3.05, 3.63) is 35.4 Å². The maximum Gasteiger partial charge on any atom is 0.416 e. The first-order valence-electron chi connectivity index (χ1n) is 8.90. The molecular formula is C19H25F3N4O. The van der Waals surface area contributed by atoms with E-state index in [0.717, 1.165) is 17.7 Å². The molecule has 1 unspecified atom stereocenters. The third kappa shape index (κ3) is 6.45. The highest BCUT2D eigenvalue weighted by Crippen LogP contribution is 2.31. The van der Waals surface area contributed by atoms with E-state index < -0.39 is 11.7 Å². The van der Waals surface area contributed by atoms with Gasteiger partial charge in [0.05, 0.1) is 37.9 Å². The predicted octanol–water partition coefficient (Wildman–Crippen LogP) is 2.27. The van der Waals surface area contributed by atoms with Gasteiger partial charge in [0.2, 0.25) is 0 Å². The molecule has 1 heterocycles. The lowest BCUT2D eigenvalue weighted by molar-refractivity contribution is -0.137. The van der Waals surface area contributed by atoms with Crippen molar-refractivity contribution >= 4 is 5.96 Å². The lowest BCUT2D eigenvalue weighted by Crippen LogP contribution is -2.42. The first-order valence-corrected chi connectivity index (χ1v) is 8.90. The Morgan fingerprint density at radius 2 is 1.93 bits per heavy atom. The van der Waals surface area contributed by atoms with Crippen LogP contribution in [-0.2, 0) is 10.9 Å². The van der Waals surface area contributed by atoms with Crippen LogP contribution in [0.5, 0.6) is 0 Å². The van der Waals surface area contributed by atoms with Gasteiger partial charge >= 0.3 is 6.18 Å². The number of guanidine groups is 1. The number of aliphatic imine (C=N–C) groups is 1. The first kappa shape index (κ1) is 21.1. The molecule has 1 aromatic carbocycles. The van der Waals surface area contributed by atoms with E-state index in [9.17, 15) is 13.2 Å². The van der Waals surface area contributed by atoms with E-state index in [2.05, 4.69) is 26.4 Å². The summed E-state index contributed by atoms with van der Waals surface area (Å²) < 4.78 is 43.9. The molecule has 1 fully saturated rings. The van der Waals surface area contributed by atoms with Crippen molar-refractivity contribution in [1.82, 2.24) is 15.5 Å². The highest BCUT2D eigenvalue weighted by molar-refractivity contribution is 5.80. The average molecular weight is 382 g/mol. The predicted molar refractivity (Wildman–Crippen MR) is 99.4 cm³/mol. The van der Waals surface area contributed by atoms with Gasteiger partial charge in [0, 0.05) is 19.6 Å². The van der Waals surface area contributed by atoms with E-state index in [1.54, 1.807) is 0 Å². The molecule has 0 saturated carbocycles. The van der Waals surface area contributed by atoms with Crippen molar-refractivity contribution in [1.29, 1.82) is 0 Å². The molecule has 0 aromatic heterocycles. The Bertz CT molecular complexity index is 646. The van der Waals surface area contributed by atoms with Crippen LogP contribution in [-0.4, -0.2) is 56.8 Å². The van der Waals surface area contributed by atoms with Crippen molar-refractivity contribution in [3.63, 3.8) is 0 Å². The Kier molecular flexibility index (Phi) is 7.95. The topological polar surface area (TPSA) is 48.9 Å². The zero-order valence-electron chi connectivity index (χ0n) is 15.4. The number of halogens is 3. The third-order valence-corrected chi connectivity index (χ3v) is 4.23. The van der Waals surface area contributed by atoms with Crippen molar-refractivity contribution < 1.29 is 17.9 Å². The summed E-state index contributed by atoms with van der Waals surface area (Å²) in [7, 11) is 0. The number of hydrogen-bond acceptors (Lipinski definition) is 3. The molecule has 0 bridgehead atoms. The Morgan fingerprint density at radius 1 is 1.26 bits per heavy atom. The maximum absolute atomic E-state index is 12.9. The molecule has 0 spiro atoms. The monoisotopic (exact) mass is 382 g/mol. The fraction of sp³-hybridized carbons (Fsp3) is 0.526. The number of morpholine rings is 1. The van der Waals surface area contributed by atoms with Crippen molar-refractivity contribution in [3.8, 4) is 12.3 Å². The molecule has 0 amide bonds. The average Bonchev–Trinajstić information content (AvgIpc) is 2.66. The summed E-state index contributed by atoms with van der Waals surface area (Å²) in [6.45, 7) is 5.96. The van der Waals surface area contributed by atoms with Crippen molar-refractivity contribution in [2.24, 2.45) is 4.99 Å². The summed E-state index contributed by atoms with van der Waals surface area (Å²) in [5, 5.41) is 6.13. The number of benzene rings is 1. The molecule has 1 aliphatic heterocycles. The van der Waals surface area contributed by atoms with Gasteiger partial charge in [-0.1, -0.05) is 18.1 Å². The normalized spacial score (nSPS) is 17.2. The van der Waals surface area contributed by atoms with Gasteiger partial charge in [-0.05, 0) is 24.6 Å². The number of terminal acetylenes is 1. The van der Waals surface area contributed by atoms with E-state index in [0.29, 0.717) is 51.9 Å². The first-order chi connectivity index (χ1) is 13.0. The van der Waals surface area contributed by atoms with Gasteiger partial charge in [-0.2, -0.15) is 13.2 Å². The van der Waals surface area contributed by atoms with Crippen LogP contribution in [0.3, 0.4) is 0 Å². The molecule has 148 valence electrons. The van der Waals surface area contributed by atoms with Gasteiger partial charge < -0.3 is 15.4 Å². The summed E-state index contributed by atoms with van der Waals surface area (Å²) in [5.41, 5.74) is 0.140. The fourth-order valence-corrected chi connectivity index (χ4v) is 2.87. The number of nitrogens with zero attached hydrogens (tertiary/aromatic N) is 2. The summed E-state index contributed by atoms with van der Waals surface area (Å²) in [4.78, 5) is 6.75. The van der Waals surface area contributed by atoms with Crippen LogP contribution in [0.25, 0.3) is 0 Å². The molecule has 27 heavy (non-hydrogen) atoms. The lowest BCUT2D eigenvalue weighted by Gasteiger charge is -2.34. The molecule has 0 aliphatic carbocycles. The Morgan fingerprint density at radius 3 is 2.48 bits per heavy atom. The molecule has 2 rings (SSSR count). The quantitative estimate of drug-likeness (QED) is 0.450. The third-order valence-electron chi connectivity index (χ3n) is 4.23. The minimum absolute atomic E-state index is 0.141. The van der Waals surface area contributed by atoms with Crippen LogP contribution in [0.4, 0.5) is 13.2 Å². The van der Waals surface area contributed by atoms with Crippen LogP contribution in [0.15, 0.2) is 29.3 Å². The Hall–Kier alpha value is -2.24. The molecule has 1 saturated heterocycles. The Balaban J connectivity index is 2.21. The molecule has 1 atom stereocenters. The maximum atomic E-state index is 12.9. The zero-order valence-corrected chi connectivity index (χ0v) is 15.4. The summed E-state index contributed by atoms with van der Waals surface area (Å²) in [6.07, 6.45) is 0.932. The second-order valence-corrected chi connectivity index (χ2v) is 6.06. The minimum atomic E-state index is -4.34. The van der Waals surface area contributed by atoms with E-state index in [4.69, 9.17) is 11.2 Å². The summed E-state index contributed by atoms with van der Waals surface area (Å²) in [5.74, 6) is 3.08. The van der Waals surface area contributed by atoms with Crippen LogP contribution in [0.1, 0.15) is 24.1 Å².